The summed E-state index contributed by atoms with van der Waals surface area (Å²) in [7, 11) is 0. The van der Waals surface area contributed by atoms with Gasteiger partial charge >= 0.3 is 0 Å². The average molecular weight is 689 g/mol. The molecular formula is C49H34F2N2. The molecule has 0 atom stereocenters. The number of nitrogens with zero attached hydrogens (tertiary/aromatic N) is 2. The van der Waals surface area contributed by atoms with Gasteiger partial charge in [-0.3, -0.25) is 0 Å². The lowest BCUT2D eigenvalue weighted by Gasteiger charge is -2.28. The largest absolute Gasteiger partial charge is 0.309 e. The van der Waals surface area contributed by atoms with Gasteiger partial charge in [0.25, 0.3) is 0 Å². The van der Waals surface area contributed by atoms with Gasteiger partial charge < -0.3 is 9.47 Å². The lowest BCUT2D eigenvalue weighted by atomic mass is 9.81. The number of benzene rings is 8. The fourth-order valence-electron chi connectivity index (χ4n) is 8.52. The minimum atomic E-state index is -0.416. The standard InChI is InChI=1S/C49H34F2N2/c1-49(2)39-28-31(19-20-32-27-34-23-22-33-11-10-18-45-47(33)48(34)46(29-32)52(45)35-12-4-3-5-13-35)21-25-37(39)38-26-24-36(30-40(38)49)53(43-16-8-6-14-41(43)50)44-17-9-7-15-42(44)51/h3-30H,1-2H3/b20-19+. The van der Waals surface area contributed by atoms with Crippen LogP contribution in [0.1, 0.15) is 36.1 Å². The van der Waals surface area contributed by atoms with E-state index in [4.69, 9.17) is 0 Å². The van der Waals surface area contributed by atoms with Gasteiger partial charge in [-0.25, -0.2) is 8.78 Å². The van der Waals surface area contributed by atoms with Gasteiger partial charge in [0.05, 0.1) is 22.4 Å². The van der Waals surface area contributed by atoms with Crippen molar-refractivity contribution in [2.24, 2.45) is 0 Å². The Morgan fingerprint density at radius 3 is 1.87 bits per heavy atom. The fraction of sp³-hybridized carbons (Fsp3) is 0.0612. The van der Waals surface area contributed by atoms with Crippen molar-refractivity contribution in [3.63, 3.8) is 0 Å². The molecule has 2 nitrogen and oxygen atoms in total. The van der Waals surface area contributed by atoms with Crippen LogP contribution in [0.4, 0.5) is 25.8 Å². The highest BCUT2D eigenvalue weighted by Gasteiger charge is 2.36. The Hall–Kier alpha value is -6.52. The molecule has 0 aliphatic heterocycles. The average Bonchev–Trinajstić information content (AvgIpc) is 3.63. The maximum absolute atomic E-state index is 15.3. The Morgan fingerprint density at radius 1 is 0.509 bits per heavy atom. The van der Waals surface area contributed by atoms with Gasteiger partial charge in [0.2, 0.25) is 0 Å². The summed E-state index contributed by atoms with van der Waals surface area (Å²) in [5.41, 5.74) is 11.4. The second kappa shape index (κ2) is 11.8. The number of halogens is 2. The molecule has 0 unspecified atom stereocenters. The highest BCUT2D eigenvalue weighted by Crippen LogP contribution is 2.51. The van der Waals surface area contributed by atoms with Crippen molar-refractivity contribution in [1.29, 1.82) is 0 Å². The first kappa shape index (κ1) is 31.2. The van der Waals surface area contributed by atoms with E-state index in [1.165, 1.54) is 55.8 Å². The SMILES string of the molecule is CC1(C)c2cc(/C=C/c3cc4ccc5cccc6c5c4c(c3)n6-c3ccccc3)ccc2-c2ccc(N(c3ccccc3F)c3ccccc3F)cc21. The summed E-state index contributed by atoms with van der Waals surface area (Å²) in [6, 6.07) is 52.1. The van der Waals surface area contributed by atoms with E-state index in [0.717, 1.165) is 27.9 Å². The van der Waals surface area contributed by atoms with Crippen LogP contribution in [-0.4, -0.2) is 4.57 Å². The monoisotopic (exact) mass is 688 g/mol. The van der Waals surface area contributed by atoms with Gasteiger partial charge in [-0.1, -0.05) is 117 Å². The van der Waals surface area contributed by atoms with E-state index in [9.17, 15) is 0 Å². The Morgan fingerprint density at radius 2 is 1.13 bits per heavy atom. The molecule has 0 spiro atoms. The van der Waals surface area contributed by atoms with Gasteiger partial charge in [0, 0.05) is 27.6 Å². The third kappa shape index (κ3) is 4.83. The van der Waals surface area contributed by atoms with E-state index < -0.39 is 11.6 Å². The van der Waals surface area contributed by atoms with Gasteiger partial charge in [0.15, 0.2) is 0 Å². The molecular weight excluding hydrogens is 655 g/mol. The van der Waals surface area contributed by atoms with Crippen LogP contribution in [-0.2, 0) is 5.41 Å². The topological polar surface area (TPSA) is 8.17 Å². The molecule has 53 heavy (non-hydrogen) atoms. The summed E-state index contributed by atoms with van der Waals surface area (Å²) in [5.74, 6) is -0.832. The number of para-hydroxylation sites is 3. The molecule has 0 fully saturated rings. The van der Waals surface area contributed by atoms with Crippen LogP contribution < -0.4 is 4.90 Å². The Bertz CT molecular complexity index is 2850. The van der Waals surface area contributed by atoms with Crippen LogP contribution in [0, 0.1) is 11.6 Å². The van der Waals surface area contributed by atoms with Gasteiger partial charge in [-0.05, 0) is 111 Å². The summed E-state index contributed by atoms with van der Waals surface area (Å²) >= 11 is 0. The molecule has 1 heterocycles. The lowest BCUT2D eigenvalue weighted by Crippen LogP contribution is -2.17. The first-order valence-electron chi connectivity index (χ1n) is 18.0. The van der Waals surface area contributed by atoms with Crippen molar-refractivity contribution in [3.8, 4) is 16.8 Å². The van der Waals surface area contributed by atoms with Crippen LogP contribution in [0.5, 0.6) is 0 Å². The van der Waals surface area contributed by atoms with Gasteiger partial charge in [-0.15, -0.1) is 0 Å². The molecule has 0 saturated heterocycles. The molecule has 0 N–H and O–H groups in total. The molecule has 9 aromatic rings. The maximum Gasteiger partial charge on any atom is 0.147 e. The van der Waals surface area contributed by atoms with Crippen LogP contribution in [0.3, 0.4) is 0 Å². The molecule has 0 radical (unpaired) electrons. The van der Waals surface area contributed by atoms with E-state index in [0.29, 0.717) is 17.1 Å². The Kier molecular flexibility index (Phi) is 6.93. The normalized spacial score (nSPS) is 13.4. The number of rotatable bonds is 6. The predicted molar refractivity (Wildman–Crippen MR) is 217 cm³/mol. The molecule has 0 amide bonds. The van der Waals surface area contributed by atoms with Crippen LogP contribution in [0.25, 0.3) is 61.5 Å². The van der Waals surface area contributed by atoms with Crippen LogP contribution in [0.15, 0.2) is 158 Å². The quantitative estimate of drug-likeness (QED) is 0.125. The van der Waals surface area contributed by atoms with E-state index in [-0.39, 0.29) is 5.41 Å². The minimum absolute atomic E-state index is 0.297. The van der Waals surface area contributed by atoms with Crippen molar-refractivity contribution >= 4 is 61.8 Å². The van der Waals surface area contributed by atoms with Crippen molar-refractivity contribution < 1.29 is 8.78 Å². The Labute approximate surface area is 306 Å². The van der Waals surface area contributed by atoms with Crippen molar-refractivity contribution in [2.75, 3.05) is 4.90 Å². The summed E-state index contributed by atoms with van der Waals surface area (Å²) < 4.78 is 33.0. The number of anilines is 3. The highest BCUT2D eigenvalue weighted by molar-refractivity contribution is 6.24. The van der Waals surface area contributed by atoms with Gasteiger partial charge in [-0.2, -0.15) is 0 Å². The van der Waals surface area contributed by atoms with Crippen LogP contribution in [0.2, 0.25) is 0 Å². The summed E-state index contributed by atoms with van der Waals surface area (Å²) in [6.45, 7) is 4.46. The predicted octanol–water partition coefficient (Wildman–Crippen LogP) is 13.6. The zero-order chi connectivity index (χ0) is 35.8. The fourth-order valence-corrected chi connectivity index (χ4v) is 8.52. The number of fused-ring (bicyclic) bond motifs is 3. The minimum Gasteiger partial charge on any atom is -0.309 e. The highest BCUT2D eigenvalue weighted by atomic mass is 19.1. The van der Waals surface area contributed by atoms with E-state index in [2.05, 4.69) is 134 Å². The smallest absolute Gasteiger partial charge is 0.147 e. The molecule has 4 heteroatoms. The second-order valence-electron chi connectivity index (χ2n) is 14.5. The third-order valence-corrected chi connectivity index (χ3v) is 11.0. The third-order valence-electron chi connectivity index (χ3n) is 11.0. The summed E-state index contributed by atoms with van der Waals surface area (Å²) in [4.78, 5) is 1.68. The van der Waals surface area contributed by atoms with Crippen LogP contribution >= 0.6 is 0 Å². The molecule has 8 aromatic carbocycles. The maximum atomic E-state index is 15.3. The number of hydrogen-bond acceptors (Lipinski definition) is 1. The van der Waals surface area contributed by atoms with E-state index in [1.54, 1.807) is 41.3 Å². The molecule has 10 rings (SSSR count). The molecule has 0 bridgehead atoms. The summed E-state index contributed by atoms with van der Waals surface area (Å²) in [6.07, 6.45) is 4.41. The van der Waals surface area contributed by atoms with Gasteiger partial charge in [0.1, 0.15) is 11.6 Å². The molecule has 254 valence electrons. The van der Waals surface area contributed by atoms with Crippen molar-refractivity contribution in [1.82, 2.24) is 4.57 Å². The van der Waals surface area contributed by atoms with E-state index in [1.807, 2.05) is 6.07 Å². The second-order valence-corrected chi connectivity index (χ2v) is 14.5. The number of aromatic nitrogens is 1. The zero-order valence-electron chi connectivity index (χ0n) is 29.3. The first-order valence-corrected chi connectivity index (χ1v) is 18.0. The number of hydrogen-bond donors (Lipinski definition) is 0. The zero-order valence-corrected chi connectivity index (χ0v) is 29.3. The van der Waals surface area contributed by atoms with Crippen molar-refractivity contribution in [2.45, 2.75) is 19.3 Å². The molecule has 1 aliphatic carbocycles. The van der Waals surface area contributed by atoms with Crippen molar-refractivity contribution in [3.05, 3.63) is 192 Å². The molecule has 1 aromatic heterocycles. The Balaban J connectivity index is 1.04. The lowest BCUT2D eigenvalue weighted by molar-refractivity contribution is 0.619. The summed E-state index contributed by atoms with van der Waals surface area (Å²) in [5, 5.41) is 5.06. The molecule has 1 aliphatic rings. The first-order chi connectivity index (χ1) is 25.9. The van der Waals surface area contributed by atoms with E-state index >= 15 is 8.78 Å². The molecule has 0 saturated carbocycles.